The Morgan fingerprint density at radius 1 is 1.57 bits per heavy atom. The molecule has 0 aromatic heterocycles. The Morgan fingerprint density at radius 2 is 2.14 bits per heavy atom. The summed E-state index contributed by atoms with van der Waals surface area (Å²) in [6.07, 6.45) is 0.432. The average molecular weight is 202 g/mol. The number of nitrogens with zero attached hydrogens (tertiary/aromatic N) is 2. The molecule has 14 heavy (non-hydrogen) atoms. The van der Waals surface area contributed by atoms with Gasteiger partial charge in [-0.05, 0) is 6.42 Å². The predicted molar refractivity (Wildman–Crippen MR) is 54.8 cm³/mol. The first-order chi connectivity index (χ1) is 6.49. The second-order valence-corrected chi connectivity index (χ2v) is 3.05. The van der Waals surface area contributed by atoms with E-state index < -0.39 is 12.0 Å². The molecule has 1 atom stereocenters. The van der Waals surface area contributed by atoms with E-state index in [1.54, 1.807) is 19.0 Å². The third-order valence-electron chi connectivity index (χ3n) is 1.68. The van der Waals surface area contributed by atoms with Crippen molar-refractivity contribution in [3.05, 3.63) is 0 Å². The Hall–Kier alpha value is -1.30. The van der Waals surface area contributed by atoms with Gasteiger partial charge in [-0.2, -0.15) is 0 Å². The molecule has 0 aromatic carbocycles. The molecule has 0 spiro atoms. The molecular formula is C8H18N4O2. The van der Waals surface area contributed by atoms with E-state index in [0.29, 0.717) is 18.9 Å². The summed E-state index contributed by atoms with van der Waals surface area (Å²) < 4.78 is 4.46. The highest BCUT2D eigenvalue weighted by Gasteiger charge is 2.12. The second-order valence-electron chi connectivity index (χ2n) is 3.05. The lowest BCUT2D eigenvalue weighted by molar-refractivity contribution is -0.142. The van der Waals surface area contributed by atoms with Crippen molar-refractivity contribution in [2.24, 2.45) is 16.5 Å². The molecule has 6 nitrogen and oxygen atoms in total. The fraction of sp³-hybridized carbons (Fsp3) is 0.750. The van der Waals surface area contributed by atoms with E-state index in [2.05, 4.69) is 9.73 Å². The molecule has 4 N–H and O–H groups in total. The van der Waals surface area contributed by atoms with Gasteiger partial charge in [-0.15, -0.1) is 0 Å². The van der Waals surface area contributed by atoms with Gasteiger partial charge in [0.25, 0.3) is 0 Å². The highest BCUT2D eigenvalue weighted by molar-refractivity contribution is 5.77. The predicted octanol–water partition coefficient (Wildman–Crippen LogP) is -1.25. The van der Waals surface area contributed by atoms with Crippen LogP contribution in [0.3, 0.4) is 0 Å². The van der Waals surface area contributed by atoms with Gasteiger partial charge in [0.15, 0.2) is 5.96 Å². The molecule has 0 unspecified atom stereocenters. The largest absolute Gasteiger partial charge is 0.468 e. The van der Waals surface area contributed by atoms with Gasteiger partial charge >= 0.3 is 5.97 Å². The fourth-order valence-corrected chi connectivity index (χ4v) is 0.729. The van der Waals surface area contributed by atoms with E-state index in [1.165, 1.54) is 7.11 Å². The number of carbonyl (C=O) groups is 1. The Bertz CT molecular complexity index is 215. The zero-order valence-corrected chi connectivity index (χ0v) is 8.86. The summed E-state index contributed by atoms with van der Waals surface area (Å²) in [6, 6.07) is -0.626. The minimum Gasteiger partial charge on any atom is -0.468 e. The van der Waals surface area contributed by atoms with Crippen molar-refractivity contribution in [2.45, 2.75) is 12.5 Å². The SMILES string of the molecule is COC(=O)[C@@H](N)CCN=C(N)N(C)C. The van der Waals surface area contributed by atoms with Crippen LogP contribution < -0.4 is 11.5 Å². The summed E-state index contributed by atoms with van der Waals surface area (Å²) in [5, 5.41) is 0. The van der Waals surface area contributed by atoms with Crippen LogP contribution >= 0.6 is 0 Å². The van der Waals surface area contributed by atoms with E-state index in [0.717, 1.165) is 0 Å². The van der Waals surface area contributed by atoms with E-state index in [4.69, 9.17) is 11.5 Å². The Kier molecular flexibility index (Phi) is 5.62. The summed E-state index contributed by atoms with van der Waals surface area (Å²) in [5.41, 5.74) is 11.0. The van der Waals surface area contributed by atoms with E-state index in [9.17, 15) is 4.79 Å². The number of esters is 1. The molecule has 0 rings (SSSR count). The summed E-state index contributed by atoms with van der Waals surface area (Å²) in [5.74, 6) is -0.00862. The highest BCUT2D eigenvalue weighted by atomic mass is 16.5. The van der Waals surface area contributed by atoms with Crippen molar-refractivity contribution in [3.8, 4) is 0 Å². The summed E-state index contributed by atoms with van der Waals surface area (Å²) in [7, 11) is 4.89. The van der Waals surface area contributed by atoms with Gasteiger partial charge < -0.3 is 21.1 Å². The number of hydrogen-bond donors (Lipinski definition) is 2. The van der Waals surface area contributed by atoms with Crippen molar-refractivity contribution in [2.75, 3.05) is 27.7 Å². The standard InChI is InChI=1S/C8H18N4O2/c1-12(2)8(10)11-5-4-6(9)7(13)14-3/h6H,4-5,9H2,1-3H3,(H2,10,11)/t6-/m0/s1. The van der Waals surface area contributed by atoms with Gasteiger partial charge in [0.05, 0.1) is 7.11 Å². The van der Waals surface area contributed by atoms with Crippen LogP contribution in [0.5, 0.6) is 0 Å². The van der Waals surface area contributed by atoms with Crippen LogP contribution in [0, 0.1) is 0 Å². The van der Waals surface area contributed by atoms with Crippen molar-refractivity contribution < 1.29 is 9.53 Å². The maximum absolute atomic E-state index is 10.9. The minimum absolute atomic E-state index is 0.417. The van der Waals surface area contributed by atoms with Crippen molar-refractivity contribution in [3.63, 3.8) is 0 Å². The zero-order chi connectivity index (χ0) is 11.1. The fourth-order valence-electron chi connectivity index (χ4n) is 0.729. The first-order valence-electron chi connectivity index (χ1n) is 4.29. The third kappa shape index (κ3) is 4.66. The van der Waals surface area contributed by atoms with Crippen LogP contribution in [0.15, 0.2) is 4.99 Å². The van der Waals surface area contributed by atoms with Crippen LogP contribution in [0.1, 0.15) is 6.42 Å². The monoisotopic (exact) mass is 202 g/mol. The normalized spacial score (nSPS) is 13.6. The van der Waals surface area contributed by atoms with Crippen LogP contribution in [-0.2, 0) is 9.53 Å². The van der Waals surface area contributed by atoms with E-state index >= 15 is 0 Å². The molecule has 0 fully saturated rings. The summed E-state index contributed by atoms with van der Waals surface area (Å²) in [4.78, 5) is 16.6. The maximum Gasteiger partial charge on any atom is 0.322 e. The van der Waals surface area contributed by atoms with Crippen molar-refractivity contribution in [1.29, 1.82) is 0 Å². The van der Waals surface area contributed by atoms with Crippen LogP contribution in [0.25, 0.3) is 0 Å². The molecule has 0 aromatic rings. The van der Waals surface area contributed by atoms with Gasteiger partial charge in [0.2, 0.25) is 0 Å². The molecule has 82 valence electrons. The number of rotatable bonds is 4. The van der Waals surface area contributed by atoms with Crippen molar-refractivity contribution in [1.82, 2.24) is 4.90 Å². The van der Waals surface area contributed by atoms with Crippen molar-refractivity contribution >= 4 is 11.9 Å². The number of nitrogens with two attached hydrogens (primary N) is 2. The van der Waals surface area contributed by atoms with Gasteiger partial charge in [-0.25, -0.2) is 0 Å². The Labute approximate surface area is 83.9 Å². The van der Waals surface area contributed by atoms with Gasteiger partial charge in [-0.3, -0.25) is 9.79 Å². The van der Waals surface area contributed by atoms with E-state index in [1.807, 2.05) is 0 Å². The highest BCUT2D eigenvalue weighted by Crippen LogP contribution is 1.92. The lowest BCUT2D eigenvalue weighted by atomic mass is 10.2. The molecule has 0 aliphatic heterocycles. The van der Waals surface area contributed by atoms with Crippen LogP contribution in [-0.4, -0.2) is 50.6 Å². The zero-order valence-electron chi connectivity index (χ0n) is 8.86. The number of guanidine groups is 1. The quantitative estimate of drug-likeness (QED) is 0.337. The Balaban J connectivity index is 3.84. The first-order valence-corrected chi connectivity index (χ1v) is 4.29. The third-order valence-corrected chi connectivity index (χ3v) is 1.68. The molecule has 0 saturated heterocycles. The lowest BCUT2D eigenvalue weighted by Gasteiger charge is -2.11. The summed E-state index contributed by atoms with van der Waals surface area (Å²) >= 11 is 0. The molecule has 0 heterocycles. The number of methoxy groups -OCH3 is 1. The average Bonchev–Trinajstić information content (AvgIpc) is 2.15. The smallest absolute Gasteiger partial charge is 0.322 e. The molecule has 0 saturated carbocycles. The second kappa shape index (κ2) is 6.20. The topological polar surface area (TPSA) is 93.9 Å². The van der Waals surface area contributed by atoms with Gasteiger partial charge in [0.1, 0.15) is 6.04 Å². The minimum atomic E-state index is -0.626. The summed E-state index contributed by atoms with van der Waals surface area (Å²) in [6.45, 7) is 0.417. The first kappa shape index (κ1) is 12.7. The number of ether oxygens (including phenoxy) is 1. The molecule has 0 aliphatic carbocycles. The molecule has 0 amide bonds. The van der Waals surface area contributed by atoms with Crippen LogP contribution in [0.4, 0.5) is 0 Å². The van der Waals surface area contributed by atoms with E-state index in [-0.39, 0.29) is 0 Å². The maximum atomic E-state index is 10.9. The number of carbonyl (C=O) groups excluding carboxylic acids is 1. The van der Waals surface area contributed by atoms with Gasteiger partial charge in [-0.1, -0.05) is 0 Å². The lowest BCUT2D eigenvalue weighted by Crippen LogP contribution is -2.34. The number of hydrogen-bond acceptors (Lipinski definition) is 4. The number of aliphatic imine (C=N–C) groups is 1. The molecular weight excluding hydrogens is 184 g/mol. The molecule has 0 bridgehead atoms. The molecule has 6 heteroatoms. The Morgan fingerprint density at radius 3 is 2.57 bits per heavy atom. The van der Waals surface area contributed by atoms with Gasteiger partial charge in [0, 0.05) is 20.6 Å². The molecule has 0 aliphatic rings. The van der Waals surface area contributed by atoms with Crippen LogP contribution in [0.2, 0.25) is 0 Å². The molecule has 0 radical (unpaired) electrons.